The molecule has 0 saturated carbocycles. The number of amides is 1. The molecule has 4 heteroatoms. The Balaban J connectivity index is 2.45. The van der Waals surface area contributed by atoms with Crippen LogP contribution in [0.15, 0.2) is 42.5 Å². The number of hydrogen-bond donors (Lipinski definition) is 2. The van der Waals surface area contributed by atoms with Crippen molar-refractivity contribution >= 4 is 28.3 Å². The Kier molecular flexibility index (Phi) is 2.55. The van der Waals surface area contributed by atoms with Crippen LogP contribution in [0, 0.1) is 0 Å². The van der Waals surface area contributed by atoms with E-state index in [1.165, 1.54) is 0 Å². The lowest BCUT2D eigenvalue weighted by molar-refractivity contribution is -0.147. The average Bonchev–Trinajstić information content (AvgIpc) is 2.29. The van der Waals surface area contributed by atoms with E-state index >= 15 is 0 Å². The summed E-state index contributed by atoms with van der Waals surface area (Å²) in [6.45, 7) is 0. The lowest BCUT2D eigenvalue weighted by atomic mass is 10.1. The molecule has 0 heterocycles. The van der Waals surface area contributed by atoms with Crippen LogP contribution in [0.4, 0.5) is 5.69 Å². The van der Waals surface area contributed by atoms with Crippen molar-refractivity contribution in [2.45, 2.75) is 0 Å². The number of anilines is 1. The molecule has 0 aliphatic carbocycles. The van der Waals surface area contributed by atoms with Gasteiger partial charge in [-0.2, -0.15) is 0 Å². The standard InChI is InChI=1S/C12H9NO3/c14-11(12(15)16)13-10-7-3-5-8-4-1-2-6-9(8)10/h1-7H,(H,13,14)(H,15,16). The first-order valence-electron chi connectivity index (χ1n) is 4.70. The van der Waals surface area contributed by atoms with Crippen LogP contribution in [0.5, 0.6) is 0 Å². The molecule has 0 aliphatic heterocycles. The van der Waals surface area contributed by atoms with Crippen LogP contribution < -0.4 is 5.32 Å². The Morgan fingerprint density at radius 1 is 1.00 bits per heavy atom. The van der Waals surface area contributed by atoms with Crippen molar-refractivity contribution in [1.82, 2.24) is 0 Å². The van der Waals surface area contributed by atoms with E-state index in [2.05, 4.69) is 5.32 Å². The number of fused-ring (bicyclic) bond motifs is 1. The second-order valence-corrected chi connectivity index (χ2v) is 3.29. The van der Waals surface area contributed by atoms with E-state index in [-0.39, 0.29) is 0 Å². The summed E-state index contributed by atoms with van der Waals surface area (Å²) in [6.07, 6.45) is 0. The van der Waals surface area contributed by atoms with Gasteiger partial charge in [0, 0.05) is 11.1 Å². The maximum absolute atomic E-state index is 11.0. The van der Waals surface area contributed by atoms with Crippen LogP contribution in [0.25, 0.3) is 10.8 Å². The number of carboxylic acid groups (broad SMARTS) is 1. The molecule has 0 bridgehead atoms. The third-order valence-corrected chi connectivity index (χ3v) is 2.23. The first-order chi connectivity index (χ1) is 7.68. The van der Waals surface area contributed by atoms with Crippen molar-refractivity contribution in [2.24, 2.45) is 0 Å². The Morgan fingerprint density at radius 3 is 2.44 bits per heavy atom. The van der Waals surface area contributed by atoms with Crippen molar-refractivity contribution in [2.75, 3.05) is 5.32 Å². The van der Waals surface area contributed by atoms with Crippen LogP contribution in [0.2, 0.25) is 0 Å². The predicted octanol–water partition coefficient (Wildman–Crippen LogP) is 1.86. The number of carboxylic acids is 1. The van der Waals surface area contributed by atoms with E-state index in [1.807, 2.05) is 30.3 Å². The van der Waals surface area contributed by atoms with Gasteiger partial charge in [-0.3, -0.25) is 4.79 Å². The molecular weight excluding hydrogens is 206 g/mol. The minimum absolute atomic E-state index is 0.505. The molecule has 0 fully saturated rings. The zero-order valence-electron chi connectivity index (χ0n) is 8.31. The van der Waals surface area contributed by atoms with Crippen LogP contribution in [0.1, 0.15) is 0 Å². The Morgan fingerprint density at radius 2 is 1.69 bits per heavy atom. The van der Waals surface area contributed by atoms with E-state index in [0.717, 1.165) is 10.8 Å². The molecule has 2 N–H and O–H groups in total. The summed E-state index contributed by atoms with van der Waals surface area (Å²) in [5.74, 6) is -2.52. The molecule has 80 valence electrons. The first-order valence-corrected chi connectivity index (χ1v) is 4.70. The third kappa shape index (κ3) is 1.86. The summed E-state index contributed by atoms with van der Waals surface area (Å²) in [5.41, 5.74) is 0.505. The van der Waals surface area contributed by atoms with E-state index < -0.39 is 11.9 Å². The van der Waals surface area contributed by atoms with Gasteiger partial charge in [0.25, 0.3) is 0 Å². The Bertz CT molecular complexity index is 558. The van der Waals surface area contributed by atoms with Gasteiger partial charge in [0.05, 0.1) is 0 Å². The number of carbonyl (C=O) groups excluding carboxylic acids is 1. The third-order valence-electron chi connectivity index (χ3n) is 2.23. The van der Waals surface area contributed by atoms with Crippen LogP contribution in [-0.2, 0) is 9.59 Å². The van der Waals surface area contributed by atoms with E-state index in [4.69, 9.17) is 5.11 Å². The van der Waals surface area contributed by atoms with Crippen molar-refractivity contribution in [3.63, 3.8) is 0 Å². The van der Waals surface area contributed by atoms with Gasteiger partial charge in [-0.1, -0.05) is 36.4 Å². The molecule has 0 spiro atoms. The van der Waals surface area contributed by atoms with Gasteiger partial charge >= 0.3 is 11.9 Å². The lowest BCUT2D eigenvalue weighted by Crippen LogP contribution is -2.21. The largest absolute Gasteiger partial charge is 0.474 e. The summed E-state index contributed by atoms with van der Waals surface area (Å²) in [7, 11) is 0. The van der Waals surface area contributed by atoms with Gasteiger partial charge in [0.1, 0.15) is 0 Å². The van der Waals surface area contributed by atoms with Gasteiger partial charge in [-0.15, -0.1) is 0 Å². The highest BCUT2D eigenvalue weighted by molar-refractivity contribution is 6.37. The highest BCUT2D eigenvalue weighted by Gasteiger charge is 2.12. The van der Waals surface area contributed by atoms with Crippen molar-refractivity contribution < 1.29 is 14.7 Å². The molecule has 0 saturated heterocycles. The molecule has 0 atom stereocenters. The summed E-state index contributed by atoms with van der Waals surface area (Å²) in [4.78, 5) is 21.5. The van der Waals surface area contributed by atoms with Gasteiger partial charge in [-0.25, -0.2) is 4.79 Å². The Labute approximate surface area is 91.5 Å². The number of nitrogens with one attached hydrogen (secondary N) is 1. The fraction of sp³-hybridized carbons (Fsp3) is 0. The second kappa shape index (κ2) is 4.02. The van der Waals surface area contributed by atoms with Gasteiger partial charge in [0.2, 0.25) is 0 Å². The summed E-state index contributed by atoms with van der Waals surface area (Å²) < 4.78 is 0. The maximum Gasteiger partial charge on any atom is 0.394 e. The topological polar surface area (TPSA) is 66.4 Å². The highest BCUT2D eigenvalue weighted by atomic mass is 16.4. The number of carbonyl (C=O) groups is 2. The van der Waals surface area contributed by atoms with Crippen molar-refractivity contribution in [3.05, 3.63) is 42.5 Å². The molecule has 0 aromatic heterocycles. The number of benzene rings is 2. The normalized spacial score (nSPS) is 10.0. The number of rotatable bonds is 1. The molecule has 0 unspecified atom stereocenters. The molecule has 2 rings (SSSR count). The fourth-order valence-corrected chi connectivity index (χ4v) is 1.51. The first kappa shape index (κ1) is 10.2. The minimum Gasteiger partial charge on any atom is -0.474 e. The predicted molar refractivity (Wildman–Crippen MR) is 60.2 cm³/mol. The van der Waals surface area contributed by atoms with Crippen molar-refractivity contribution in [1.29, 1.82) is 0 Å². The summed E-state index contributed by atoms with van der Waals surface area (Å²) >= 11 is 0. The van der Waals surface area contributed by atoms with Crippen LogP contribution >= 0.6 is 0 Å². The molecule has 2 aromatic rings. The SMILES string of the molecule is O=C(O)C(=O)Nc1cccc2ccccc12. The molecule has 1 amide bonds. The maximum atomic E-state index is 11.0. The molecule has 2 aromatic carbocycles. The van der Waals surface area contributed by atoms with E-state index in [1.54, 1.807) is 12.1 Å². The highest BCUT2D eigenvalue weighted by Crippen LogP contribution is 2.22. The van der Waals surface area contributed by atoms with E-state index in [9.17, 15) is 9.59 Å². The van der Waals surface area contributed by atoms with Crippen LogP contribution in [0.3, 0.4) is 0 Å². The molecular formula is C12H9NO3. The summed E-state index contributed by atoms with van der Waals surface area (Å²) in [5, 5.41) is 12.6. The smallest absolute Gasteiger partial charge is 0.394 e. The van der Waals surface area contributed by atoms with Gasteiger partial charge in [-0.05, 0) is 11.5 Å². The van der Waals surface area contributed by atoms with E-state index in [0.29, 0.717) is 5.69 Å². The summed E-state index contributed by atoms with van der Waals surface area (Å²) in [6, 6.07) is 12.8. The average molecular weight is 215 g/mol. The molecule has 0 radical (unpaired) electrons. The monoisotopic (exact) mass is 215 g/mol. The lowest BCUT2D eigenvalue weighted by Gasteiger charge is -2.06. The van der Waals surface area contributed by atoms with Gasteiger partial charge < -0.3 is 10.4 Å². The van der Waals surface area contributed by atoms with Gasteiger partial charge in [0.15, 0.2) is 0 Å². The zero-order valence-corrected chi connectivity index (χ0v) is 8.31. The minimum atomic E-state index is -1.49. The van der Waals surface area contributed by atoms with Crippen LogP contribution in [-0.4, -0.2) is 17.0 Å². The Hall–Kier alpha value is -2.36. The number of aliphatic carboxylic acids is 1. The number of hydrogen-bond acceptors (Lipinski definition) is 2. The molecule has 16 heavy (non-hydrogen) atoms. The molecule has 4 nitrogen and oxygen atoms in total. The van der Waals surface area contributed by atoms with Crippen molar-refractivity contribution in [3.8, 4) is 0 Å². The molecule has 0 aliphatic rings. The second-order valence-electron chi connectivity index (χ2n) is 3.29. The quantitative estimate of drug-likeness (QED) is 0.713. The fourth-order valence-electron chi connectivity index (χ4n) is 1.51. The zero-order chi connectivity index (χ0) is 11.5.